The summed E-state index contributed by atoms with van der Waals surface area (Å²) in [4.78, 5) is 0. The number of hydrogen-bond acceptors (Lipinski definition) is 2. The van der Waals surface area contributed by atoms with Crippen molar-refractivity contribution in [3.8, 4) is 22.8 Å². The molecule has 0 saturated heterocycles. The molecule has 1 unspecified atom stereocenters. The van der Waals surface area contributed by atoms with E-state index in [0.717, 1.165) is 39.0 Å². The molecule has 0 bridgehead atoms. The van der Waals surface area contributed by atoms with Crippen LogP contribution in [-0.4, -0.2) is 4.40 Å². The molecule has 1 atom stereocenters. The van der Waals surface area contributed by atoms with E-state index in [1.807, 2.05) is 6.07 Å². The molecule has 0 aliphatic carbocycles. The Balaban J connectivity index is 1.42. The maximum Gasteiger partial charge on any atom is 0.372 e. The van der Waals surface area contributed by atoms with Gasteiger partial charge in [-0.05, 0) is 54.6 Å². The van der Waals surface area contributed by atoms with Crippen molar-refractivity contribution < 1.29 is 18.3 Å². The molecular formula is C37H19N3O2+2. The van der Waals surface area contributed by atoms with Gasteiger partial charge >= 0.3 is 11.3 Å². The molecule has 192 valence electrons. The largest absolute Gasteiger partial charge is 0.456 e. The molecule has 42 heavy (non-hydrogen) atoms. The summed E-state index contributed by atoms with van der Waals surface area (Å²) in [5.74, 6) is 1.83. The van der Waals surface area contributed by atoms with Crippen LogP contribution in [0.4, 0.5) is 0 Å². The lowest BCUT2D eigenvalue weighted by molar-refractivity contribution is -0.940. The highest BCUT2D eigenvalue weighted by molar-refractivity contribution is 6.20. The number of benzene rings is 5. The molecule has 0 saturated carbocycles. The first-order valence-corrected chi connectivity index (χ1v) is 14.4. The summed E-state index contributed by atoms with van der Waals surface area (Å²) >= 11 is 0. The lowest BCUT2D eigenvalue weighted by atomic mass is 9.85. The van der Waals surface area contributed by atoms with Crippen LogP contribution in [0.3, 0.4) is 0 Å². The van der Waals surface area contributed by atoms with Crippen LogP contribution in [0.1, 0.15) is 11.1 Å². The number of pyridine rings is 2. The zero-order valence-electron chi connectivity index (χ0n) is 22.1. The topological polar surface area (TPSA) is 34.5 Å². The zero-order valence-corrected chi connectivity index (χ0v) is 22.1. The van der Waals surface area contributed by atoms with E-state index in [2.05, 4.69) is 123 Å². The molecule has 3 aliphatic rings. The van der Waals surface area contributed by atoms with Gasteiger partial charge in [0.05, 0.1) is 10.9 Å². The third-order valence-corrected chi connectivity index (χ3v) is 9.96. The quantitative estimate of drug-likeness (QED) is 0.148. The van der Waals surface area contributed by atoms with Crippen LogP contribution >= 0.6 is 0 Å². The zero-order chi connectivity index (χ0) is 26.9. The number of para-hydroxylation sites is 3. The Kier molecular flexibility index (Phi) is 3.03. The Bertz CT molecular complexity index is 2790. The SMILES string of the molecule is c1cc2c3c(c1)-c1cccc[n+]1C31c3c(ccc4c5cc6c(cc5n5c7ccccc7[n+]1c5c34)oc1ccccc16)O2. The average Bonchev–Trinajstić information content (AvgIpc) is 3.75. The number of rotatable bonds is 0. The van der Waals surface area contributed by atoms with Crippen LogP contribution in [0, 0.1) is 0 Å². The van der Waals surface area contributed by atoms with E-state index in [0.29, 0.717) is 0 Å². The van der Waals surface area contributed by atoms with Crippen LogP contribution < -0.4 is 13.9 Å². The molecule has 4 aromatic heterocycles. The minimum Gasteiger partial charge on any atom is -0.456 e. The number of furan rings is 1. The highest BCUT2D eigenvalue weighted by Gasteiger charge is 2.68. The second-order valence-electron chi connectivity index (χ2n) is 11.7. The van der Waals surface area contributed by atoms with Gasteiger partial charge in [0.25, 0.3) is 0 Å². The molecule has 9 aromatic rings. The smallest absolute Gasteiger partial charge is 0.372 e. The van der Waals surface area contributed by atoms with Gasteiger partial charge in [0, 0.05) is 39.7 Å². The van der Waals surface area contributed by atoms with Crippen LogP contribution in [0.25, 0.3) is 71.6 Å². The number of aromatic nitrogens is 3. The van der Waals surface area contributed by atoms with Crippen LogP contribution in [-0.2, 0) is 5.66 Å². The van der Waals surface area contributed by atoms with Crippen molar-refractivity contribution in [2.75, 3.05) is 0 Å². The fourth-order valence-electron chi connectivity index (χ4n) is 8.55. The fraction of sp³-hybridized carbons (Fsp3) is 0.0270. The lowest BCUT2D eigenvalue weighted by Crippen LogP contribution is -2.71. The Hall–Kier alpha value is -5.68. The molecule has 0 N–H and O–H groups in total. The summed E-state index contributed by atoms with van der Waals surface area (Å²) in [7, 11) is 0. The summed E-state index contributed by atoms with van der Waals surface area (Å²) in [6.45, 7) is 0. The van der Waals surface area contributed by atoms with Crippen molar-refractivity contribution in [2.45, 2.75) is 5.66 Å². The molecule has 5 heteroatoms. The van der Waals surface area contributed by atoms with Crippen molar-refractivity contribution in [3.63, 3.8) is 0 Å². The van der Waals surface area contributed by atoms with Crippen molar-refractivity contribution >= 4 is 60.3 Å². The Labute approximate surface area is 237 Å². The van der Waals surface area contributed by atoms with Crippen LogP contribution in [0.15, 0.2) is 120 Å². The van der Waals surface area contributed by atoms with E-state index in [-0.39, 0.29) is 0 Å². The molecule has 0 amide bonds. The van der Waals surface area contributed by atoms with Crippen molar-refractivity contribution in [2.24, 2.45) is 0 Å². The van der Waals surface area contributed by atoms with Gasteiger partial charge in [-0.15, -0.1) is 9.13 Å². The molecule has 0 radical (unpaired) electrons. The summed E-state index contributed by atoms with van der Waals surface area (Å²) < 4.78 is 20.7. The number of hydrogen-bond donors (Lipinski definition) is 0. The van der Waals surface area contributed by atoms with Gasteiger partial charge < -0.3 is 9.15 Å². The van der Waals surface area contributed by atoms with Crippen molar-refractivity contribution in [1.29, 1.82) is 0 Å². The highest BCUT2D eigenvalue weighted by Crippen LogP contribution is 2.58. The van der Waals surface area contributed by atoms with Gasteiger partial charge in [-0.1, -0.05) is 36.4 Å². The third-order valence-electron chi connectivity index (χ3n) is 9.96. The monoisotopic (exact) mass is 537 g/mol. The van der Waals surface area contributed by atoms with E-state index in [4.69, 9.17) is 9.15 Å². The van der Waals surface area contributed by atoms with Gasteiger partial charge in [0.15, 0.2) is 17.2 Å². The predicted octanol–water partition coefficient (Wildman–Crippen LogP) is 7.57. The van der Waals surface area contributed by atoms with Gasteiger partial charge in [0.1, 0.15) is 39.3 Å². The van der Waals surface area contributed by atoms with Crippen LogP contribution in [0.2, 0.25) is 0 Å². The third kappa shape index (κ3) is 1.88. The Morgan fingerprint density at radius 2 is 1.50 bits per heavy atom. The summed E-state index contributed by atoms with van der Waals surface area (Å²) in [5, 5.41) is 5.96. The summed E-state index contributed by atoms with van der Waals surface area (Å²) in [6.07, 6.45) is 2.24. The number of nitrogens with zero attached hydrogens (tertiary/aromatic N) is 3. The number of imidazole rings is 1. The minimum absolute atomic E-state index is 0.602. The second kappa shape index (κ2) is 6.29. The molecule has 3 aliphatic heterocycles. The van der Waals surface area contributed by atoms with E-state index in [1.165, 1.54) is 55.2 Å². The van der Waals surface area contributed by atoms with Gasteiger partial charge in [-0.3, -0.25) is 0 Å². The van der Waals surface area contributed by atoms with Gasteiger partial charge in [-0.25, -0.2) is 0 Å². The summed E-state index contributed by atoms with van der Waals surface area (Å²) in [6, 6.07) is 39.1. The van der Waals surface area contributed by atoms with Crippen molar-refractivity contribution in [1.82, 2.24) is 4.40 Å². The van der Waals surface area contributed by atoms with Crippen molar-refractivity contribution in [3.05, 3.63) is 127 Å². The second-order valence-corrected chi connectivity index (χ2v) is 11.7. The molecule has 5 nitrogen and oxygen atoms in total. The first-order chi connectivity index (χ1) is 20.8. The fourth-order valence-corrected chi connectivity index (χ4v) is 8.55. The maximum atomic E-state index is 6.77. The van der Waals surface area contributed by atoms with E-state index < -0.39 is 5.66 Å². The van der Waals surface area contributed by atoms with Gasteiger partial charge in [0.2, 0.25) is 5.69 Å². The standard InChI is InChI=1S/C37H19N3O2/c1-4-13-29-20(8-1)24-18-23-21-15-16-31-35-33(21)36-39(28(23)19-32(24)41-29)26-11-2-3-12-27(26)40(36)37(35)34-22(9-7-14-30(34)42-31)25-10-5-6-17-38(25)37/h1-19H/q+2. The first-order valence-electron chi connectivity index (χ1n) is 14.4. The minimum atomic E-state index is -0.602. The molecular weight excluding hydrogens is 518 g/mol. The van der Waals surface area contributed by atoms with Crippen LogP contribution in [0.5, 0.6) is 11.5 Å². The normalized spacial score (nSPS) is 17.3. The van der Waals surface area contributed by atoms with E-state index in [1.54, 1.807) is 0 Å². The maximum absolute atomic E-state index is 6.77. The predicted molar refractivity (Wildman–Crippen MR) is 161 cm³/mol. The molecule has 5 aromatic carbocycles. The first kappa shape index (κ1) is 20.2. The average molecular weight is 538 g/mol. The Morgan fingerprint density at radius 3 is 2.50 bits per heavy atom. The molecule has 7 heterocycles. The highest BCUT2D eigenvalue weighted by atomic mass is 16.5. The van der Waals surface area contributed by atoms with Gasteiger partial charge in [-0.2, -0.15) is 4.40 Å². The lowest BCUT2D eigenvalue weighted by Gasteiger charge is -2.28. The summed E-state index contributed by atoms with van der Waals surface area (Å²) in [5.41, 5.74) is 10.7. The number of ether oxygens (including phenoxy) is 1. The van der Waals surface area contributed by atoms with E-state index in [9.17, 15) is 0 Å². The molecule has 0 fully saturated rings. The number of fused-ring (bicyclic) bond motifs is 11. The van der Waals surface area contributed by atoms with E-state index >= 15 is 0 Å². The molecule has 1 spiro atoms. The Morgan fingerprint density at radius 1 is 0.619 bits per heavy atom. The molecule has 12 rings (SSSR count).